The van der Waals surface area contributed by atoms with E-state index in [9.17, 15) is 13.5 Å². The highest BCUT2D eigenvalue weighted by Crippen LogP contribution is 2.32. The molecule has 1 saturated carbocycles. The lowest BCUT2D eigenvalue weighted by Crippen LogP contribution is -2.22. The molecule has 2 rings (SSSR count). The highest BCUT2D eigenvalue weighted by Gasteiger charge is 2.31. The average molecular weight is 274 g/mol. The Hall–Kier alpha value is -0.950. The Morgan fingerprint density at radius 1 is 1.39 bits per heavy atom. The maximum Gasteiger partial charge on any atom is 0.232 e. The van der Waals surface area contributed by atoms with Crippen LogP contribution in [0.1, 0.15) is 55.5 Å². The van der Waals surface area contributed by atoms with E-state index in [1.54, 1.807) is 0 Å². The molecular weight excluding hydrogens is 256 g/mol. The summed E-state index contributed by atoms with van der Waals surface area (Å²) in [5, 5.41) is 12.8. The molecule has 1 aliphatic rings. The molecule has 1 N–H and O–H groups in total. The lowest BCUT2D eigenvalue weighted by atomic mass is 9.86. The summed E-state index contributed by atoms with van der Waals surface area (Å²) in [7, 11) is -3.23. The quantitative estimate of drug-likeness (QED) is 0.890. The number of aromatic nitrogens is 2. The minimum atomic E-state index is -3.23. The van der Waals surface area contributed by atoms with Crippen LogP contribution < -0.4 is 0 Å². The fraction of sp³-hybridized carbons (Fsp3) is 0.818. The van der Waals surface area contributed by atoms with Gasteiger partial charge in [-0.15, -0.1) is 0 Å². The van der Waals surface area contributed by atoms with E-state index in [2.05, 4.69) is 10.1 Å². The van der Waals surface area contributed by atoms with Crippen molar-refractivity contribution in [3.05, 3.63) is 11.7 Å². The second-order valence-corrected chi connectivity index (χ2v) is 7.29. The normalized spacial score (nSPS) is 27.1. The molecule has 1 heterocycles. The number of aliphatic hydroxyl groups excluding tert-OH is 1. The van der Waals surface area contributed by atoms with E-state index in [4.69, 9.17) is 4.52 Å². The predicted octanol–water partition coefficient (Wildman–Crippen LogP) is 1.19. The number of rotatable bonds is 3. The van der Waals surface area contributed by atoms with Gasteiger partial charge in [-0.1, -0.05) is 18.0 Å². The van der Waals surface area contributed by atoms with Gasteiger partial charge in [0, 0.05) is 6.26 Å². The summed E-state index contributed by atoms with van der Waals surface area (Å²) in [4.78, 5) is 4.13. The first-order valence-corrected chi connectivity index (χ1v) is 8.05. The lowest BCUT2D eigenvalue weighted by molar-refractivity contribution is 0.0908. The van der Waals surface area contributed by atoms with Gasteiger partial charge in [-0.05, 0) is 19.8 Å². The fourth-order valence-corrected chi connectivity index (χ4v) is 2.63. The van der Waals surface area contributed by atoms with Crippen LogP contribution in [0.5, 0.6) is 0 Å². The molecular formula is C11H18N2O4S. The molecule has 102 valence electrons. The average Bonchev–Trinajstić information content (AvgIpc) is 2.76. The summed E-state index contributed by atoms with van der Waals surface area (Å²) in [5.74, 6) is 0.365. The third-order valence-corrected chi connectivity index (χ3v) is 5.01. The Kier molecular flexibility index (Phi) is 3.72. The monoisotopic (exact) mass is 274 g/mol. The van der Waals surface area contributed by atoms with Crippen molar-refractivity contribution in [1.29, 1.82) is 0 Å². The van der Waals surface area contributed by atoms with Crippen molar-refractivity contribution in [3.8, 4) is 0 Å². The van der Waals surface area contributed by atoms with Crippen molar-refractivity contribution >= 4 is 9.84 Å². The second-order valence-electron chi connectivity index (χ2n) is 4.92. The summed E-state index contributed by atoms with van der Waals surface area (Å²) in [5.41, 5.74) is 0. The second kappa shape index (κ2) is 4.97. The Labute approximate surface area is 106 Å². The van der Waals surface area contributed by atoms with Gasteiger partial charge in [-0.2, -0.15) is 4.98 Å². The molecule has 0 saturated heterocycles. The van der Waals surface area contributed by atoms with E-state index in [-0.39, 0.29) is 11.7 Å². The summed E-state index contributed by atoms with van der Waals surface area (Å²) >= 11 is 0. The first-order chi connectivity index (χ1) is 8.39. The third kappa shape index (κ3) is 2.72. The molecule has 3 unspecified atom stereocenters. The van der Waals surface area contributed by atoms with Gasteiger partial charge in [0.05, 0.1) is 12.0 Å². The zero-order chi connectivity index (χ0) is 13.3. The molecule has 1 aliphatic carbocycles. The van der Waals surface area contributed by atoms with Crippen LogP contribution in [0.15, 0.2) is 4.52 Å². The lowest BCUT2D eigenvalue weighted by Gasteiger charge is -2.24. The molecule has 1 aromatic rings. The molecule has 0 bridgehead atoms. The molecule has 0 radical (unpaired) electrons. The largest absolute Gasteiger partial charge is 0.392 e. The number of sulfone groups is 1. The molecule has 6 nitrogen and oxygen atoms in total. The highest BCUT2D eigenvalue weighted by molar-refractivity contribution is 7.90. The fourth-order valence-electron chi connectivity index (χ4n) is 2.15. The van der Waals surface area contributed by atoms with Crippen molar-refractivity contribution in [2.24, 2.45) is 0 Å². The van der Waals surface area contributed by atoms with E-state index >= 15 is 0 Å². The highest BCUT2D eigenvalue weighted by atomic mass is 32.2. The van der Waals surface area contributed by atoms with Crippen LogP contribution >= 0.6 is 0 Å². The summed E-state index contributed by atoms with van der Waals surface area (Å²) in [6, 6.07) is 0. The standard InChI is InChI=1S/C11H18N2O4S/c1-7(18(2,15)16)10-12-11(17-13-10)8-5-3-4-6-9(8)14/h7-9,14H,3-6H2,1-2H3. The van der Waals surface area contributed by atoms with Crippen molar-refractivity contribution < 1.29 is 18.0 Å². The molecule has 3 atom stereocenters. The van der Waals surface area contributed by atoms with Gasteiger partial charge in [0.25, 0.3) is 0 Å². The first kappa shape index (κ1) is 13.5. The van der Waals surface area contributed by atoms with Crippen molar-refractivity contribution in [2.75, 3.05) is 6.26 Å². The Morgan fingerprint density at radius 3 is 2.67 bits per heavy atom. The van der Waals surface area contributed by atoms with Gasteiger partial charge in [0.1, 0.15) is 5.25 Å². The van der Waals surface area contributed by atoms with Gasteiger partial charge in [-0.25, -0.2) is 8.42 Å². The van der Waals surface area contributed by atoms with E-state index in [0.717, 1.165) is 31.9 Å². The van der Waals surface area contributed by atoms with Gasteiger partial charge in [0.2, 0.25) is 5.89 Å². The van der Waals surface area contributed by atoms with E-state index in [1.807, 2.05) is 0 Å². The van der Waals surface area contributed by atoms with Crippen LogP contribution in [0.4, 0.5) is 0 Å². The topological polar surface area (TPSA) is 93.3 Å². The molecule has 18 heavy (non-hydrogen) atoms. The van der Waals surface area contributed by atoms with Crippen LogP contribution in [0.25, 0.3) is 0 Å². The summed E-state index contributed by atoms with van der Waals surface area (Å²) < 4.78 is 27.9. The number of hydrogen-bond donors (Lipinski definition) is 1. The Morgan fingerprint density at radius 2 is 2.06 bits per heavy atom. The minimum absolute atomic E-state index is 0.160. The molecule has 1 fully saturated rings. The van der Waals surface area contributed by atoms with Crippen molar-refractivity contribution in [2.45, 2.75) is 49.9 Å². The van der Waals surface area contributed by atoms with Crippen LogP contribution in [-0.4, -0.2) is 36.0 Å². The summed E-state index contributed by atoms with van der Waals surface area (Å²) in [6.07, 6.45) is 4.21. The zero-order valence-corrected chi connectivity index (χ0v) is 11.4. The smallest absolute Gasteiger partial charge is 0.232 e. The predicted molar refractivity (Wildman–Crippen MR) is 64.8 cm³/mol. The SMILES string of the molecule is CC(c1noc(C2CCCCC2O)n1)S(C)(=O)=O. The summed E-state index contributed by atoms with van der Waals surface area (Å²) in [6.45, 7) is 1.53. The number of aliphatic hydroxyl groups is 1. The van der Waals surface area contributed by atoms with Crippen molar-refractivity contribution in [1.82, 2.24) is 10.1 Å². The maximum atomic E-state index is 11.4. The molecule has 0 aromatic carbocycles. The molecule has 0 spiro atoms. The van der Waals surface area contributed by atoms with Crippen LogP contribution in [0.3, 0.4) is 0 Å². The van der Waals surface area contributed by atoms with E-state index in [1.165, 1.54) is 6.92 Å². The van der Waals surface area contributed by atoms with Gasteiger partial charge < -0.3 is 9.63 Å². The van der Waals surface area contributed by atoms with E-state index < -0.39 is 21.2 Å². The number of hydrogen-bond acceptors (Lipinski definition) is 6. The maximum absolute atomic E-state index is 11.4. The van der Waals surface area contributed by atoms with Gasteiger partial charge >= 0.3 is 0 Å². The molecule has 0 aliphatic heterocycles. The van der Waals surface area contributed by atoms with Crippen LogP contribution in [0, 0.1) is 0 Å². The van der Waals surface area contributed by atoms with Gasteiger partial charge in [0.15, 0.2) is 15.7 Å². The van der Waals surface area contributed by atoms with Crippen LogP contribution in [0.2, 0.25) is 0 Å². The Balaban J connectivity index is 2.20. The van der Waals surface area contributed by atoms with Gasteiger partial charge in [-0.3, -0.25) is 0 Å². The number of nitrogens with zero attached hydrogens (tertiary/aromatic N) is 2. The van der Waals surface area contributed by atoms with Crippen LogP contribution in [-0.2, 0) is 9.84 Å². The third-order valence-electron chi connectivity index (χ3n) is 3.51. The zero-order valence-electron chi connectivity index (χ0n) is 10.5. The Bertz CT molecular complexity index is 511. The van der Waals surface area contributed by atoms with Crippen molar-refractivity contribution in [3.63, 3.8) is 0 Å². The van der Waals surface area contributed by atoms with E-state index in [0.29, 0.717) is 5.89 Å². The minimum Gasteiger partial charge on any atom is -0.392 e. The molecule has 0 amide bonds. The molecule has 1 aromatic heterocycles. The molecule has 7 heteroatoms. The first-order valence-electron chi connectivity index (χ1n) is 6.10.